The molecular formula is C21H14FN5O2. The molecule has 5 rings (SSSR count). The van der Waals surface area contributed by atoms with E-state index < -0.39 is 11.8 Å². The highest BCUT2D eigenvalue weighted by Crippen LogP contribution is 2.36. The molecule has 8 heteroatoms. The van der Waals surface area contributed by atoms with Crippen molar-refractivity contribution < 1.29 is 14.3 Å². The second kappa shape index (κ2) is 6.23. The van der Waals surface area contributed by atoms with Gasteiger partial charge in [-0.25, -0.2) is 14.2 Å². The monoisotopic (exact) mass is 387 g/mol. The quantitative estimate of drug-likeness (QED) is 0.487. The van der Waals surface area contributed by atoms with Crippen molar-refractivity contribution >= 4 is 27.9 Å². The van der Waals surface area contributed by atoms with Crippen molar-refractivity contribution in [3.8, 4) is 22.4 Å². The number of aromatic nitrogens is 5. The van der Waals surface area contributed by atoms with Gasteiger partial charge in [0.25, 0.3) is 0 Å². The lowest BCUT2D eigenvalue weighted by molar-refractivity contribution is 0.0697. The maximum Gasteiger partial charge on any atom is 0.335 e. The molecule has 0 fully saturated rings. The number of rotatable bonds is 3. The fraction of sp³-hybridized carbons (Fsp3) is 0.0476. The molecule has 0 amide bonds. The molecule has 0 saturated heterocycles. The molecule has 2 N–H and O–H groups in total. The summed E-state index contributed by atoms with van der Waals surface area (Å²) in [5, 5.41) is 14.7. The van der Waals surface area contributed by atoms with Gasteiger partial charge < -0.3 is 10.1 Å². The van der Waals surface area contributed by atoms with Crippen molar-refractivity contribution in [1.82, 2.24) is 24.7 Å². The van der Waals surface area contributed by atoms with Crippen molar-refractivity contribution in [3.63, 3.8) is 0 Å². The van der Waals surface area contributed by atoms with Crippen LogP contribution in [0.2, 0.25) is 0 Å². The zero-order valence-corrected chi connectivity index (χ0v) is 15.2. The summed E-state index contributed by atoms with van der Waals surface area (Å²) in [5.74, 6) is -1.52. The summed E-state index contributed by atoms with van der Waals surface area (Å²) >= 11 is 0. The van der Waals surface area contributed by atoms with Gasteiger partial charge in [-0.15, -0.1) is 0 Å². The molecule has 0 saturated carbocycles. The van der Waals surface area contributed by atoms with Crippen molar-refractivity contribution in [2.24, 2.45) is 7.05 Å². The number of hydrogen-bond acceptors (Lipinski definition) is 4. The lowest BCUT2D eigenvalue weighted by Gasteiger charge is -2.07. The van der Waals surface area contributed by atoms with Gasteiger partial charge in [0.1, 0.15) is 11.5 Å². The van der Waals surface area contributed by atoms with Crippen LogP contribution < -0.4 is 0 Å². The summed E-state index contributed by atoms with van der Waals surface area (Å²) < 4.78 is 16.6. The minimum absolute atomic E-state index is 0.140. The minimum atomic E-state index is -1.03. The third-order valence-corrected chi connectivity index (χ3v) is 4.88. The molecule has 0 spiro atoms. The smallest absolute Gasteiger partial charge is 0.335 e. The van der Waals surface area contributed by atoms with Crippen LogP contribution in [0, 0.1) is 5.82 Å². The molecule has 0 unspecified atom stereocenters. The van der Waals surface area contributed by atoms with Gasteiger partial charge in [0.15, 0.2) is 0 Å². The van der Waals surface area contributed by atoms with Crippen molar-refractivity contribution in [1.29, 1.82) is 0 Å². The summed E-state index contributed by atoms with van der Waals surface area (Å²) in [7, 11) is 1.83. The Labute approximate surface area is 163 Å². The average Bonchev–Trinajstić information content (AvgIpc) is 3.31. The van der Waals surface area contributed by atoms with E-state index in [1.807, 2.05) is 19.3 Å². The second-order valence-electron chi connectivity index (χ2n) is 6.73. The Morgan fingerprint density at radius 3 is 2.59 bits per heavy atom. The van der Waals surface area contributed by atoms with E-state index >= 15 is 0 Å². The number of halogens is 1. The number of fused-ring (bicyclic) bond motifs is 3. The van der Waals surface area contributed by atoms with Gasteiger partial charge in [-0.2, -0.15) is 5.10 Å². The standard InChI is InChI=1S/C21H14FN5O2/c1-27-10-13(7-25-27)16-6-14-17(9-23-16)26-20-19(14)18(15(22)8-24-20)11-2-4-12(5-3-11)21(28)29/h2-10H,1H3,(H,24,26)(H,28,29). The van der Waals surface area contributed by atoms with E-state index in [4.69, 9.17) is 5.11 Å². The van der Waals surface area contributed by atoms with Gasteiger partial charge in [0.05, 0.1) is 35.4 Å². The second-order valence-corrected chi connectivity index (χ2v) is 6.73. The number of benzene rings is 1. The highest BCUT2D eigenvalue weighted by atomic mass is 19.1. The molecule has 0 atom stereocenters. The van der Waals surface area contributed by atoms with Gasteiger partial charge in [0, 0.05) is 35.1 Å². The van der Waals surface area contributed by atoms with Gasteiger partial charge in [0.2, 0.25) is 0 Å². The Morgan fingerprint density at radius 2 is 1.90 bits per heavy atom. The Hall–Kier alpha value is -4.07. The van der Waals surface area contributed by atoms with Crippen LogP contribution in [0.4, 0.5) is 4.39 Å². The summed E-state index contributed by atoms with van der Waals surface area (Å²) in [4.78, 5) is 23.0. The molecular weight excluding hydrogens is 373 g/mol. The Balaban J connectivity index is 1.78. The molecule has 0 bridgehead atoms. The van der Waals surface area contributed by atoms with E-state index in [0.29, 0.717) is 27.9 Å². The first kappa shape index (κ1) is 17.1. The molecule has 142 valence electrons. The van der Waals surface area contributed by atoms with Crippen LogP contribution in [0.1, 0.15) is 10.4 Å². The zero-order chi connectivity index (χ0) is 20.1. The number of aryl methyl sites for hydroxylation is 1. The van der Waals surface area contributed by atoms with Crippen LogP contribution >= 0.6 is 0 Å². The van der Waals surface area contributed by atoms with E-state index in [-0.39, 0.29) is 5.56 Å². The number of hydrogen-bond donors (Lipinski definition) is 2. The van der Waals surface area contributed by atoms with E-state index in [9.17, 15) is 9.18 Å². The van der Waals surface area contributed by atoms with E-state index in [1.165, 1.54) is 12.1 Å². The number of aromatic carboxylic acids is 1. The van der Waals surface area contributed by atoms with Crippen LogP contribution in [0.5, 0.6) is 0 Å². The fourth-order valence-electron chi connectivity index (χ4n) is 3.51. The molecule has 0 aliphatic carbocycles. The fourth-order valence-corrected chi connectivity index (χ4v) is 3.51. The Kier molecular flexibility index (Phi) is 3.67. The largest absolute Gasteiger partial charge is 0.478 e. The topological polar surface area (TPSA) is 96.7 Å². The zero-order valence-electron chi connectivity index (χ0n) is 15.2. The number of nitrogens with one attached hydrogen (secondary N) is 1. The average molecular weight is 387 g/mol. The molecule has 29 heavy (non-hydrogen) atoms. The van der Waals surface area contributed by atoms with Crippen LogP contribution in [0.15, 0.2) is 55.1 Å². The molecule has 1 aromatic carbocycles. The first-order chi connectivity index (χ1) is 14.0. The highest BCUT2D eigenvalue weighted by molar-refractivity contribution is 6.13. The van der Waals surface area contributed by atoms with Crippen LogP contribution in [0.3, 0.4) is 0 Å². The van der Waals surface area contributed by atoms with Crippen LogP contribution in [0.25, 0.3) is 44.3 Å². The summed E-state index contributed by atoms with van der Waals surface area (Å²) in [5.41, 5.74) is 3.89. The SMILES string of the molecule is Cn1cc(-c2cc3c(cn2)[nH]c2ncc(F)c(-c4ccc(C(=O)O)cc4)c23)cn1. The highest BCUT2D eigenvalue weighted by Gasteiger charge is 2.18. The van der Waals surface area contributed by atoms with Gasteiger partial charge >= 0.3 is 5.97 Å². The van der Waals surface area contributed by atoms with E-state index in [2.05, 4.69) is 20.1 Å². The number of pyridine rings is 2. The van der Waals surface area contributed by atoms with E-state index in [0.717, 1.165) is 22.7 Å². The maximum atomic E-state index is 14.9. The molecule has 7 nitrogen and oxygen atoms in total. The number of carbonyl (C=O) groups is 1. The van der Waals surface area contributed by atoms with Gasteiger partial charge in [-0.3, -0.25) is 9.67 Å². The minimum Gasteiger partial charge on any atom is -0.478 e. The molecule has 0 radical (unpaired) electrons. The third-order valence-electron chi connectivity index (χ3n) is 4.88. The first-order valence-corrected chi connectivity index (χ1v) is 8.80. The summed E-state index contributed by atoms with van der Waals surface area (Å²) in [6, 6.07) is 8.00. The van der Waals surface area contributed by atoms with Crippen molar-refractivity contribution in [3.05, 3.63) is 66.5 Å². The van der Waals surface area contributed by atoms with Crippen molar-refractivity contribution in [2.45, 2.75) is 0 Å². The number of carboxylic acids is 1. The lowest BCUT2D eigenvalue weighted by atomic mass is 9.99. The molecule has 0 aliphatic heterocycles. The molecule has 5 aromatic rings. The third kappa shape index (κ3) is 2.73. The number of H-pyrrole nitrogens is 1. The molecule has 4 aromatic heterocycles. The van der Waals surface area contributed by atoms with Crippen LogP contribution in [-0.2, 0) is 7.05 Å². The first-order valence-electron chi connectivity index (χ1n) is 8.80. The molecule has 4 heterocycles. The predicted molar refractivity (Wildman–Crippen MR) is 106 cm³/mol. The van der Waals surface area contributed by atoms with Gasteiger partial charge in [-0.1, -0.05) is 12.1 Å². The normalized spacial score (nSPS) is 11.4. The predicted octanol–water partition coefficient (Wildman–Crippen LogP) is 4.02. The van der Waals surface area contributed by atoms with E-state index in [1.54, 1.807) is 29.2 Å². The Morgan fingerprint density at radius 1 is 1.10 bits per heavy atom. The number of carboxylic acid groups (broad SMARTS) is 1. The van der Waals surface area contributed by atoms with Crippen molar-refractivity contribution in [2.75, 3.05) is 0 Å². The summed E-state index contributed by atoms with van der Waals surface area (Å²) in [6.45, 7) is 0. The number of aromatic amines is 1. The number of nitrogens with zero attached hydrogens (tertiary/aromatic N) is 4. The van der Waals surface area contributed by atoms with Gasteiger partial charge in [-0.05, 0) is 23.8 Å². The lowest BCUT2D eigenvalue weighted by Crippen LogP contribution is -1.96. The molecule has 0 aliphatic rings. The van der Waals surface area contributed by atoms with Crippen LogP contribution in [-0.4, -0.2) is 35.8 Å². The maximum absolute atomic E-state index is 14.9. The summed E-state index contributed by atoms with van der Waals surface area (Å²) in [6.07, 6.45) is 6.42. The Bertz CT molecular complexity index is 1400.